The molecular weight excluding hydrogens is 272 g/mol. The minimum Gasteiger partial charge on any atom is -0.481 e. The second kappa shape index (κ2) is 5.60. The highest BCUT2D eigenvalue weighted by Gasteiger charge is 2.29. The van der Waals surface area contributed by atoms with Gasteiger partial charge in [-0.15, -0.1) is 0 Å². The van der Waals surface area contributed by atoms with Crippen molar-refractivity contribution in [1.82, 2.24) is 0 Å². The lowest BCUT2D eigenvalue weighted by Crippen LogP contribution is -2.28. The SMILES string of the molecule is CC(C)(C(=O)O)c1ccc(-c2ccc3c(c2)CCCC3)cc1. The summed E-state index contributed by atoms with van der Waals surface area (Å²) in [5.74, 6) is -0.797. The predicted octanol–water partition coefficient (Wildman–Crippen LogP) is 4.59. The maximum atomic E-state index is 11.3. The van der Waals surface area contributed by atoms with Crippen LogP contribution in [0.4, 0.5) is 0 Å². The summed E-state index contributed by atoms with van der Waals surface area (Å²) in [5.41, 5.74) is 5.31. The summed E-state index contributed by atoms with van der Waals surface area (Å²) in [4.78, 5) is 11.3. The van der Waals surface area contributed by atoms with Crippen molar-refractivity contribution in [3.8, 4) is 11.1 Å². The lowest BCUT2D eigenvalue weighted by Gasteiger charge is -2.20. The standard InChI is InChI=1S/C20H22O2/c1-20(2,19(21)22)18-11-9-15(10-12-18)17-8-7-14-5-3-4-6-16(14)13-17/h7-13H,3-6H2,1-2H3,(H,21,22). The summed E-state index contributed by atoms with van der Waals surface area (Å²) in [6.45, 7) is 3.48. The highest BCUT2D eigenvalue weighted by Crippen LogP contribution is 2.30. The van der Waals surface area contributed by atoms with Crippen molar-refractivity contribution in [2.24, 2.45) is 0 Å². The Morgan fingerprint density at radius 3 is 2.14 bits per heavy atom. The fourth-order valence-corrected chi connectivity index (χ4v) is 3.12. The third-order valence-corrected chi connectivity index (χ3v) is 4.82. The van der Waals surface area contributed by atoms with Crippen LogP contribution in [0.5, 0.6) is 0 Å². The quantitative estimate of drug-likeness (QED) is 0.898. The van der Waals surface area contributed by atoms with E-state index in [0.29, 0.717) is 0 Å². The molecule has 3 rings (SSSR count). The molecule has 114 valence electrons. The average Bonchev–Trinajstić information content (AvgIpc) is 2.54. The van der Waals surface area contributed by atoms with E-state index in [-0.39, 0.29) is 0 Å². The van der Waals surface area contributed by atoms with Crippen LogP contribution < -0.4 is 0 Å². The van der Waals surface area contributed by atoms with Crippen LogP contribution in [0, 0.1) is 0 Å². The number of aliphatic carboxylic acids is 1. The lowest BCUT2D eigenvalue weighted by atomic mass is 9.83. The number of hydrogen-bond donors (Lipinski definition) is 1. The molecule has 1 aliphatic rings. The molecule has 0 fully saturated rings. The summed E-state index contributed by atoms with van der Waals surface area (Å²) in [6.07, 6.45) is 4.95. The van der Waals surface area contributed by atoms with Gasteiger partial charge in [0, 0.05) is 0 Å². The molecule has 2 aromatic carbocycles. The molecule has 0 spiro atoms. The van der Waals surface area contributed by atoms with Crippen LogP contribution in [0.3, 0.4) is 0 Å². The van der Waals surface area contributed by atoms with Crippen LogP contribution in [0.15, 0.2) is 42.5 Å². The maximum Gasteiger partial charge on any atom is 0.313 e. The topological polar surface area (TPSA) is 37.3 Å². The van der Waals surface area contributed by atoms with Gasteiger partial charge in [0.2, 0.25) is 0 Å². The monoisotopic (exact) mass is 294 g/mol. The van der Waals surface area contributed by atoms with Gasteiger partial charge in [0.15, 0.2) is 0 Å². The third kappa shape index (κ3) is 2.66. The average molecular weight is 294 g/mol. The summed E-state index contributed by atoms with van der Waals surface area (Å²) in [7, 11) is 0. The van der Waals surface area contributed by atoms with E-state index in [1.165, 1.54) is 42.4 Å². The summed E-state index contributed by atoms with van der Waals surface area (Å²) < 4.78 is 0. The van der Waals surface area contributed by atoms with Gasteiger partial charge in [0.05, 0.1) is 5.41 Å². The number of rotatable bonds is 3. The van der Waals surface area contributed by atoms with Crippen LogP contribution in [0.2, 0.25) is 0 Å². The van der Waals surface area contributed by atoms with Crippen molar-refractivity contribution in [2.45, 2.75) is 44.9 Å². The number of aryl methyl sites for hydroxylation is 2. The molecule has 0 unspecified atom stereocenters. The molecular formula is C20H22O2. The van der Waals surface area contributed by atoms with E-state index in [2.05, 4.69) is 18.2 Å². The van der Waals surface area contributed by atoms with E-state index in [1.54, 1.807) is 13.8 Å². The second-order valence-electron chi connectivity index (χ2n) is 6.70. The minimum atomic E-state index is -0.853. The number of carboxylic acids is 1. The van der Waals surface area contributed by atoms with E-state index >= 15 is 0 Å². The fraction of sp³-hybridized carbons (Fsp3) is 0.350. The van der Waals surface area contributed by atoms with Gasteiger partial charge in [-0.3, -0.25) is 4.79 Å². The molecule has 0 amide bonds. The van der Waals surface area contributed by atoms with Crippen molar-refractivity contribution in [2.75, 3.05) is 0 Å². The van der Waals surface area contributed by atoms with Crippen molar-refractivity contribution >= 4 is 5.97 Å². The first-order valence-corrected chi connectivity index (χ1v) is 7.94. The van der Waals surface area contributed by atoms with Crippen molar-refractivity contribution < 1.29 is 9.90 Å². The Morgan fingerprint density at radius 2 is 1.50 bits per heavy atom. The zero-order valence-corrected chi connectivity index (χ0v) is 13.2. The van der Waals surface area contributed by atoms with Gasteiger partial charge in [-0.1, -0.05) is 42.5 Å². The zero-order chi connectivity index (χ0) is 15.7. The molecule has 0 aromatic heterocycles. The van der Waals surface area contributed by atoms with Crippen molar-refractivity contribution in [3.05, 3.63) is 59.2 Å². The van der Waals surface area contributed by atoms with E-state index in [1.807, 2.05) is 24.3 Å². The Hall–Kier alpha value is -2.09. The van der Waals surface area contributed by atoms with Gasteiger partial charge in [-0.25, -0.2) is 0 Å². The molecule has 0 saturated carbocycles. The Bertz CT molecular complexity index is 696. The fourth-order valence-electron chi connectivity index (χ4n) is 3.12. The molecule has 0 bridgehead atoms. The van der Waals surface area contributed by atoms with Gasteiger partial charge in [0.1, 0.15) is 0 Å². The highest BCUT2D eigenvalue weighted by molar-refractivity contribution is 5.80. The van der Waals surface area contributed by atoms with E-state index < -0.39 is 11.4 Å². The molecule has 1 N–H and O–H groups in total. The van der Waals surface area contributed by atoms with Crippen molar-refractivity contribution in [1.29, 1.82) is 0 Å². The summed E-state index contributed by atoms with van der Waals surface area (Å²) in [6, 6.07) is 14.7. The highest BCUT2D eigenvalue weighted by atomic mass is 16.4. The van der Waals surface area contributed by atoms with Crippen LogP contribution in [0.25, 0.3) is 11.1 Å². The third-order valence-electron chi connectivity index (χ3n) is 4.82. The molecule has 2 nitrogen and oxygen atoms in total. The Labute approximate surface area is 131 Å². The summed E-state index contributed by atoms with van der Waals surface area (Å²) >= 11 is 0. The number of carbonyl (C=O) groups is 1. The number of benzene rings is 2. The Morgan fingerprint density at radius 1 is 0.909 bits per heavy atom. The Balaban J connectivity index is 1.92. The smallest absolute Gasteiger partial charge is 0.313 e. The van der Waals surface area contributed by atoms with Crippen molar-refractivity contribution in [3.63, 3.8) is 0 Å². The van der Waals surface area contributed by atoms with Gasteiger partial charge in [-0.2, -0.15) is 0 Å². The normalized spacial score (nSPS) is 14.5. The predicted molar refractivity (Wildman–Crippen MR) is 89.2 cm³/mol. The first-order valence-electron chi connectivity index (χ1n) is 7.94. The first-order chi connectivity index (χ1) is 10.5. The molecule has 2 aromatic rings. The molecule has 22 heavy (non-hydrogen) atoms. The molecule has 0 radical (unpaired) electrons. The van der Waals surface area contributed by atoms with E-state index in [4.69, 9.17) is 0 Å². The minimum absolute atomic E-state index is 0.797. The molecule has 0 heterocycles. The Kier molecular flexibility index (Phi) is 3.78. The van der Waals surface area contributed by atoms with E-state index in [0.717, 1.165) is 11.1 Å². The molecule has 0 saturated heterocycles. The largest absolute Gasteiger partial charge is 0.481 e. The van der Waals surface area contributed by atoms with Crippen LogP contribution in [-0.4, -0.2) is 11.1 Å². The van der Waals surface area contributed by atoms with Gasteiger partial charge in [0.25, 0.3) is 0 Å². The molecule has 2 heteroatoms. The number of hydrogen-bond acceptors (Lipinski definition) is 1. The maximum absolute atomic E-state index is 11.3. The lowest BCUT2D eigenvalue weighted by molar-refractivity contribution is -0.142. The van der Waals surface area contributed by atoms with Gasteiger partial charge < -0.3 is 5.11 Å². The van der Waals surface area contributed by atoms with Crippen LogP contribution in [-0.2, 0) is 23.1 Å². The zero-order valence-electron chi connectivity index (χ0n) is 13.2. The summed E-state index contributed by atoms with van der Waals surface area (Å²) in [5, 5.41) is 9.31. The number of fused-ring (bicyclic) bond motifs is 1. The van der Waals surface area contributed by atoms with E-state index in [9.17, 15) is 9.90 Å². The second-order valence-corrected chi connectivity index (χ2v) is 6.70. The molecule has 0 atom stereocenters. The molecule has 0 aliphatic heterocycles. The first kappa shape index (κ1) is 14.8. The van der Waals surface area contributed by atoms with Gasteiger partial charge >= 0.3 is 5.97 Å². The number of carboxylic acid groups (broad SMARTS) is 1. The van der Waals surface area contributed by atoms with Gasteiger partial charge in [-0.05, 0) is 67.3 Å². The van der Waals surface area contributed by atoms with Crippen LogP contribution in [0.1, 0.15) is 43.4 Å². The van der Waals surface area contributed by atoms with Crippen LogP contribution >= 0.6 is 0 Å². The molecule has 1 aliphatic carbocycles.